The van der Waals surface area contributed by atoms with Crippen LogP contribution in [0.1, 0.15) is 21.5 Å². The molecule has 0 fully saturated rings. The van der Waals surface area contributed by atoms with E-state index in [9.17, 15) is 9.90 Å². The number of hydrogen-bond donors (Lipinski definition) is 2. The maximum absolute atomic E-state index is 12.7. The third-order valence-electron chi connectivity index (χ3n) is 5.39. The Hall–Kier alpha value is -4.78. The number of carbonyl (C=O) groups excluding carboxylic acids is 1. The third-order valence-corrected chi connectivity index (χ3v) is 5.39. The number of rotatable bonds is 6. The number of amides is 1. The molecule has 0 saturated heterocycles. The van der Waals surface area contributed by atoms with Crippen molar-refractivity contribution in [1.29, 1.82) is 0 Å². The summed E-state index contributed by atoms with van der Waals surface area (Å²) in [7, 11) is 0. The SMILES string of the molecule is O=C(N/N=C/c1cn(Cc2ccccc2)nc1-c1cccnc1)c1cc2ccccc2cc1O. The van der Waals surface area contributed by atoms with Crippen molar-refractivity contribution in [2.24, 2.45) is 5.10 Å². The Bertz CT molecular complexity index is 1480. The van der Waals surface area contributed by atoms with Crippen LogP contribution in [0.15, 0.2) is 103 Å². The van der Waals surface area contributed by atoms with Crippen LogP contribution in [0.25, 0.3) is 22.0 Å². The number of nitrogens with one attached hydrogen (secondary N) is 1. The first kappa shape index (κ1) is 21.1. The molecule has 166 valence electrons. The highest BCUT2D eigenvalue weighted by Gasteiger charge is 2.13. The highest BCUT2D eigenvalue weighted by Crippen LogP contribution is 2.25. The van der Waals surface area contributed by atoms with Crippen LogP contribution in [-0.4, -0.2) is 32.0 Å². The van der Waals surface area contributed by atoms with E-state index in [-0.39, 0.29) is 11.3 Å². The van der Waals surface area contributed by atoms with Gasteiger partial charge in [-0.1, -0.05) is 54.6 Å². The Balaban J connectivity index is 1.40. The molecule has 7 nitrogen and oxygen atoms in total. The molecule has 0 saturated carbocycles. The molecule has 0 aliphatic rings. The van der Waals surface area contributed by atoms with Gasteiger partial charge in [-0.3, -0.25) is 14.5 Å². The predicted octanol–water partition coefficient (Wildman–Crippen LogP) is 4.62. The Kier molecular flexibility index (Phi) is 5.82. The Morgan fingerprint density at radius 3 is 2.53 bits per heavy atom. The van der Waals surface area contributed by atoms with E-state index in [1.807, 2.05) is 77.6 Å². The first-order valence-electron chi connectivity index (χ1n) is 10.7. The number of hydrogen-bond acceptors (Lipinski definition) is 5. The van der Waals surface area contributed by atoms with E-state index in [4.69, 9.17) is 5.10 Å². The smallest absolute Gasteiger partial charge is 0.275 e. The van der Waals surface area contributed by atoms with Crippen LogP contribution in [0.5, 0.6) is 5.75 Å². The molecule has 34 heavy (non-hydrogen) atoms. The highest BCUT2D eigenvalue weighted by atomic mass is 16.3. The zero-order valence-corrected chi connectivity index (χ0v) is 18.2. The average molecular weight is 447 g/mol. The summed E-state index contributed by atoms with van der Waals surface area (Å²) in [6, 6.07) is 24.5. The van der Waals surface area contributed by atoms with E-state index in [1.165, 1.54) is 0 Å². The molecule has 0 spiro atoms. The standard InChI is InChI=1S/C27H21N5O2/c33-25-14-21-10-5-4-9-20(21)13-24(25)27(34)30-29-16-23-18-32(17-19-7-2-1-3-8-19)31-26(23)22-11-6-12-28-15-22/h1-16,18,33H,17H2,(H,30,34)/b29-16+. The average Bonchev–Trinajstić information content (AvgIpc) is 3.27. The summed E-state index contributed by atoms with van der Waals surface area (Å²) < 4.78 is 1.83. The molecule has 2 N–H and O–H groups in total. The molecule has 0 aliphatic heterocycles. The lowest BCUT2D eigenvalue weighted by atomic mass is 10.1. The van der Waals surface area contributed by atoms with Gasteiger partial charge in [0, 0.05) is 29.7 Å². The molecular formula is C27H21N5O2. The van der Waals surface area contributed by atoms with Crippen LogP contribution in [0.3, 0.4) is 0 Å². The van der Waals surface area contributed by atoms with E-state index in [2.05, 4.69) is 15.5 Å². The molecule has 3 aromatic carbocycles. The van der Waals surface area contributed by atoms with Crippen molar-refractivity contribution in [2.45, 2.75) is 6.54 Å². The molecule has 2 aromatic heterocycles. The summed E-state index contributed by atoms with van der Waals surface area (Å²) in [5.74, 6) is -0.600. The van der Waals surface area contributed by atoms with Gasteiger partial charge in [0.2, 0.25) is 0 Å². The predicted molar refractivity (Wildman–Crippen MR) is 132 cm³/mol. The number of carbonyl (C=O) groups is 1. The minimum absolute atomic E-state index is 0.0990. The zero-order chi connectivity index (χ0) is 23.3. The molecule has 7 heteroatoms. The molecule has 0 unspecified atom stereocenters. The van der Waals surface area contributed by atoms with Crippen molar-refractivity contribution in [3.8, 4) is 17.0 Å². The van der Waals surface area contributed by atoms with Crippen LogP contribution in [0.4, 0.5) is 0 Å². The summed E-state index contributed by atoms with van der Waals surface area (Å²) in [5.41, 5.74) is 6.06. The van der Waals surface area contributed by atoms with Gasteiger partial charge in [0.1, 0.15) is 11.4 Å². The number of aromatic hydroxyl groups is 1. The number of phenols is 1. The maximum atomic E-state index is 12.7. The second-order valence-corrected chi connectivity index (χ2v) is 7.77. The Morgan fingerprint density at radius 1 is 1.00 bits per heavy atom. The van der Waals surface area contributed by atoms with Crippen LogP contribution >= 0.6 is 0 Å². The van der Waals surface area contributed by atoms with Gasteiger partial charge in [-0.15, -0.1) is 0 Å². The number of pyridine rings is 1. The molecule has 2 heterocycles. The van der Waals surface area contributed by atoms with Crippen LogP contribution in [-0.2, 0) is 6.54 Å². The second kappa shape index (κ2) is 9.38. The minimum atomic E-state index is -0.501. The van der Waals surface area contributed by atoms with Crippen LogP contribution in [0, 0.1) is 0 Å². The lowest BCUT2D eigenvalue weighted by molar-refractivity contribution is 0.0952. The minimum Gasteiger partial charge on any atom is -0.507 e. The fraction of sp³-hybridized carbons (Fsp3) is 0.0370. The monoisotopic (exact) mass is 447 g/mol. The number of fused-ring (bicyclic) bond motifs is 1. The van der Waals surface area contributed by atoms with Gasteiger partial charge in [0.05, 0.1) is 18.3 Å². The summed E-state index contributed by atoms with van der Waals surface area (Å²) in [4.78, 5) is 16.9. The summed E-state index contributed by atoms with van der Waals surface area (Å²) in [5, 5.41) is 20.9. The number of benzene rings is 3. The van der Waals surface area contributed by atoms with Crippen LogP contribution < -0.4 is 5.43 Å². The second-order valence-electron chi connectivity index (χ2n) is 7.77. The lowest BCUT2D eigenvalue weighted by Crippen LogP contribution is -2.17. The first-order chi connectivity index (χ1) is 16.7. The van der Waals surface area contributed by atoms with Crippen molar-refractivity contribution < 1.29 is 9.90 Å². The van der Waals surface area contributed by atoms with Crippen molar-refractivity contribution in [2.75, 3.05) is 0 Å². The van der Waals surface area contributed by atoms with Gasteiger partial charge < -0.3 is 5.11 Å². The van der Waals surface area contributed by atoms with Gasteiger partial charge in [0.15, 0.2) is 0 Å². The Labute approximate surface area is 196 Å². The fourth-order valence-corrected chi connectivity index (χ4v) is 3.74. The molecular weight excluding hydrogens is 426 g/mol. The van der Waals surface area contributed by atoms with E-state index < -0.39 is 5.91 Å². The number of hydrazone groups is 1. The molecule has 0 bridgehead atoms. The third kappa shape index (κ3) is 4.54. The summed E-state index contributed by atoms with van der Waals surface area (Å²) in [6.07, 6.45) is 6.86. The fourth-order valence-electron chi connectivity index (χ4n) is 3.74. The first-order valence-corrected chi connectivity index (χ1v) is 10.7. The molecule has 0 aliphatic carbocycles. The normalized spacial score (nSPS) is 11.2. The van der Waals surface area contributed by atoms with Crippen LogP contribution in [0.2, 0.25) is 0 Å². The van der Waals surface area contributed by atoms with E-state index in [0.29, 0.717) is 12.2 Å². The van der Waals surface area contributed by atoms with E-state index in [0.717, 1.165) is 27.5 Å². The van der Waals surface area contributed by atoms with Gasteiger partial charge in [-0.05, 0) is 40.6 Å². The quantitative estimate of drug-likeness (QED) is 0.294. The molecule has 5 aromatic rings. The number of aromatic nitrogens is 3. The number of nitrogens with zero attached hydrogens (tertiary/aromatic N) is 4. The topological polar surface area (TPSA) is 92.4 Å². The van der Waals surface area contributed by atoms with Gasteiger partial charge in [0.25, 0.3) is 5.91 Å². The molecule has 5 rings (SSSR count). The van der Waals surface area contributed by atoms with Gasteiger partial charge in [-0.2, -0.15) is 10.2 Å². The summed E-state index contributed by atoms with van der Waals surface area (Å²) in [6.45, 7) is 0.596. The van der Waals surface area contributed by atoms with Crippen molar-refractivity contribution in [1.82, 2.24) is 20.2 Å². The lowest BCUT2D eigenvalue weighted by Gasteiger charge is -2.05. The largest absolute Gasteiger partial charge is 0.507 e. The van der Waals surface area contributed by atoms with Crippen molar-refractivity contribution >= 4 is 22.9 Å². The molecule has 1 amide bonds. The number of phenolic OH excluding ortho intramolecular Hbond substituents is 1. The van der Waals surface area contributed by atoms with E-state index in [1.54, 1.807) is 30.7 Å². The van der Waals surface area contributed by atoms with E-state index >= 15 is 0 Å². The van der Waals surface area contributed by atoms with Gasteiger partial charge in [-0.25, -0.2) is 5.43 Å². The highest BCUT2D eigenvalue weighted by molar-refractivity contribution is 6.02. The maximum Gasteiger partial charge on any atom is 0.275 e. The molecule has 0 atom stereocenters. The Morgan fingerprint density at radius 2 is 1.76 bits per heavy atom. The molecule has 0 radical (unpaired) electrons. The van der Waals surface area contributed by atoms with Crippen molar-refractivity contribution in [3.63, 3.8) is 0 Å². The summed E-state index contributed by atoms with van der Waals surface area (Å²) >= 11 is 0. The van der Waals surface area contributed by atoms with Gasteiger partial charge >= 0.3 is 0 Å². The van der Waals surface area contributed by atoms with Crippen molar-refractivity contribution in [3.05, 3.63) is 114 Å². The zero-order valence-electron chi connectivity index (χ0n) is 18.2.